The molecule has 22 heavy (non-hydrogen) atoms. The summed E-state index contributed by atoms with van der Waals surface area (Å²) in [4.78, 5) is 23.1. The van der Waals surface area contributed by atoms with E-state index in [4.69, 9.17) is 5.73 Å². The second kappa shape index (κ2) is 7.35. The molecular weight excluding hydrogens is 285 g/mol. The summed E-state index contributed by atoms with van der Waals surface area (Å²) in [6.45, 7) is 1.37. The molecule has 1 fully saturated rings. The normalized spacial score (nSPS) is 21.2. The van der Waals surface area contributed by atoms with Crippen LogP contribution in [-0.4, -0.2) is 17.9 Å². The van der Waals surface area contributed by atoms with Crippen molar-refractivity contribution in [2.24, 2.45) is 11.7 Å². The Bertz CT molecular complexity index is 562. The maximum atomic E-state index is 13.8. The second-order valence-electron chi connectivity index (χ2n) is 5.84. The number of nitrogens with two attached hydrogens (primary N) is 1. The highest BCUT2D eigenvalue weighted by atomic mass is 19.1. The molecule has 0 bridgehead atoms. The molecule has 2 rings (SSSR count). The van der Waals surface area contributed by atoms with Crippen molar-refractivity contribution < 1.29 is 14.0 Å². The number of benzene rings is 1. The molecule has 1 aromatic rings. The van der Waals surface area contributed by atoms with Gasteiger partial charge in [0.25, 0.3) is 0 Å². The average Bonchev–Trinajstić information content (AvgIpc) is 2.44. The molecule has 120 valence electrons. The van der Waals surface area contributed by atoms with Crippen LogP contribution in [0.4, 0.5) is 15.8 Å². The van der Waals surface area contributed by atoms with E-state index in [1.54, 1.807) is 0 Å². The summed E-state index contributed by atoms with van der Waals surface area (Å²) in [5, 5.41) is 5.13. The van der Waals surface area contributed by atoms with Crippen molar-refractivity contribution in [2.75, 3.05) is 10.6 Å². The third kappa shape index (κ3) is 4.53. The van der Waals surface area contributed by atoms with Crippen LogP contribution in [0.5, 0.6) is 0 Å². The minimum atomic E-state index is -0.532. The molecule has 0 heterocycles. The van der Waals surface area contributed by atoms with Crippen molar-refractivity contribution >= 4 is 23.2 Å². The summed E-state index contributed by atoms with van der Waals surface area (Å²) in [7, 11) is 0. The zero-order chi connectivity index (χ0) is 16.1. The van der Waals surface area contributed by atoms with Crippen molar-refractivity contribution in [3.63, 3.8) is 0 Å². The Kier molecular flexibility index (Phi) is 5.49. The fourth-order valence-corrected chi connectivity index (χ4v) is 2.83. The molecule has 1 aliphatic carbocycles. The van der Waals surface area contributed by atoms with Gasteiger partial charge >= 0.3 is 0 Å². The van der Waals surface area contributed by atoms with Gasteiger partial charge in [-0.15, -0.1) is 0 Å². The fraction of sp³-hybridized carbons (Fsp3) is 0.500. The Labute approximate surface area is 129 Å². The molecule has 2 atom stereocenters. The summed E-state index contributed by atoms with van der Waals surface area (Å²) >= 11 is 0. The van der Waals surface area contributed by atoms with Crippen molar-refractivity contribution in [3.05, 3.63) is 24.0 Å². The molecule has 0 radical (unpaired) electrons. The lowest BCUT2D eigenvalue weighted by Crippen LogP contribution is -2.35. The summed E-state index contributed by atoms with van der Waals surface area (Å²) < 4.78 is 13.8. The van der Waals surface area contributed by atoms with Crippen molar-refractivity contribution in [2.45, 2.75) is 45.1 Å². The van der Waals surface area contributed by atoms with Gasteiger partial charge in [0, 0.05) is 25.1 Å². The first kappa shape index (κ1) is 16.4. The lowest BCUT2D eigenvalue weighted by Gasteiger charge is -2.28. The van der Waals surface area contributed by atoms with Crippen LogP contribution in [0.15, 0.2) is 18.2 Å². The SMILES string of the molecule is CC(=O)Nc1ccc(F)c(NC(=O)CC2CCCCC2N)c1. The number of rotatable bonds is 4. The third-order valence-electron chi connectivity index (χ3n) is 3.98. The molecular formula is C16H22FN3O2. The smallest absolute Gasteiger partial charge is 0.224 e. The second-order valence-corrected chi connectivity index (χ2v) is 5.84. The molecule has 1 aliphatic rings. The van der Waals surface area contributed by atoms with E-state index >= 15 is 0 Å². The maximum absolute atomic E-state index is 13.8. The fourth-order valence-electron chi connectivity index (χ4n) is 2.83. The van der Waals surface area contributed by atoms with Gasteiger partial charge < -0.3 is 16.4 Å². The molecule has 0 saturated heterocycles. The molecule has 6 heteroatoms. The number of hydrogen-bond acceptors (Lipinski definition) is 3. The van der Waals surface area contributed by atoms with Crippen molar-refractivity contribution in [1.82, 2.24) is 0 Å². The number of carbonyl (C=O) groups is 2. The number of hydrogen-bond donors (Lipinski definition) is 3. The summed E-state index contributed by atoms with van der Waals surface area (Å²) in [6.07, 6.45) is 4.35. The third-order valence-corrected chi connectivity index (χ3v) is 3.98. The van der Waals surface area contributed by atoms with E-state index in [0.717, 1.165) is 25.7 Å². The predicted octanol–water partition coefficient (Wildman–Crippen LogP) is 2.63. The molecule has 0 aliphatic heterocycles. The van der Waals surface area contributed by atoms with Gasteiger partial charge in [-0.3, -0.25) is 9.59 Å². The van der Waals surface area contributed by atoms with Crippen LogP contribution in [0, 0.1) is 11.7 Å². The lowest BCUT2D eigenvalue weighted by atomic mass is 9.83. The summed E-state index contributed by atoms with van der Waals surface area (Å²) in [5.41, 5.74) is 6.54. The number of halogens is 1. The number of carbonyl (C=O) groups excluding carboxylic acids is 2. The Morgan fingerprint density at radius 1 is 1.27 bits per heavy atom. The summed E-state index contributed by atoms with van der Waals surface area (Å²) in [6, 6.07) is 4.11. The van der Waals surface area contributed by atoms with E-state index in [2.05, 4.69) is 10.6 Å². The number of anilines is 2. The minimum absolute atomic E-state index is 0.0371. The minimum Gasteiger partial charge on any atom is -0.327 e. The van der Waals surface area contributed by atoms with Crippen molar-refractivity contribution in [3.8, 4) is 0 Å². The van der Waals surface area contributed by atoms with Crippen LogP contribution in [0.1, 0.15) is 39.0 Å². The Hall–Kier alpha value is -1.95. The Morgan fingerprint density at radius 2 is 2.00 bits per heavy atom. The van der Waals surface area contributed by atoms with Gasteiger partial charge in [0.05, 0.1) is 5.69 Å². The number of nitrogens with one attached hydrogen (secondary N) is 2. The zero-order valence-electron chi connectivity index (χ0n) is 12.7. The van der Waals surface area contributed by atoms with Gasteiger partial charge in [-0.05, 0) is 37.0 Å². The standard InChI is InChI=1S/C16H22FN3O2/c1-10(21)19-12-6-7-13(17)15(9-12)20-16(22)8-11-4-2-3-5-14(11)18/h6-7,9,11,14H,2-5,8,18H2,1H3,(H,19,21)(H,20,22). The van der Waals surface area contributed by atoms with Gasteiger partial charge in [0.1, 0.15) is 5.82 Å². The molecule has 0 spiro atoms. The van der Waals surface area contributed by atoms with Crippen LogP contribution in [-0.2, 0) is 9.59 Å². The topological polar surface area (TPSA) is 84.2 Å². The molecule has 2 unspecified atom stereocenters. The highest BCUT2D eigenvalue weighted by Crippen LogP contribution is 2.26. The molecule has 2 amide bonds. The molecule has 0 aromatic heterocycles. The van der Waals surface area contributed by atoms with Crippen LogP contribution in [0.3, 0.4) is 0 Å². The first-order chi connectivity index (χ1) is 10.5. The maximum Gasteiger partial charge on any atom is 0.224 e. The van der Waals surface area contributed by atoms with Gasteiger partial charge in [0.2, 0.25) is 11.8 Å². The first-order valence-corrected chi connectivity index (χ1v) is 7.58. The van der Waals surface area contributed by atoms with E-state index in [1.165, 1.54) is 25.1 Å². The zero-order valence-corrected chi connectivity index (χ0v) is 12.7. The van der Waals surface area contributed by atoms with Crippen LogP contribution in [0.25, 0.3) is 0 Å². The lowest BCUT2D eigenvalue weighted by molar-refractivity contribution is -0.117. The first-order valence-electron chi connectivity index (χ1n) is 7.58. The molecule has 1 aromatic carbocycles. The monoisotopic (exact) mass is 307 g/mol. The highest BCUT2D eigenvalue weighted by Gasteiger charge is 2.24. The Balaban J connectivity index is 1.99. The predicted molar refractivity (Wildman–Crippen MR) is 83.9 cm³/mol. The van der Waals surface area contributed by atoms with E-state index < -0.39 is 5.82 Å². The largest absolute Gasteiger partial charge is 0.327 e. The van der Waals surface area contributed by atoms with Gasteiger partial charge in [-0.1, -0.05) is 12.8 Å². The van der Waals surface area contributed by atoms with E-state index in [0.29, 0.717) is 12.1 Å². The summed E-state index contributed by atoms with van der Waals surface area (Å²) in [5.74, 6) is -0.885. The van der Waals surface area contributed by atoms with Crippen LogP contribution < -0.4 is 16.4 Å². The van der Waals surface area contributed by atoms with Crippen molar-refractivity contribution in [1.29, 1.82) is 0 Å². The van der Waals surface area contributed by atoms with Gasteiger partial charge in [0.15, 0.2) is 0 Å². The van der Waals surface area contributed by atoms with Gasteiger partial charge in [-0.2, -0.15) is 0 Å². The highest BCUT2D eigenvalue weighted by molar-refractivity contribution is 5.93. The van der Waals surface area contributed by atoms with Crippen LogP contribution >= 0.6 is 0 Å². The van der Waals surface area contributed by atoms with E-state index in [1.807, 2.05) is 0 Å². The van der Waals surface area contributed by atoms with Gasteiger partial charge in [-0.25, -0.2) is 4.39 Å². The van der Waals surface area contributed by atoms with E-state index in [9.17, 15) is 14.0 Å². The average molecular weight is 307 g/mol. The molecule has 4 N–H and O–H groups in total. The quantitative estimate of drug-likeness (QED) is 0.799. The molecule has 1 saturated carbocycles. The Morgan fingerprint density at radius 3 is 2.68 bits per heavy atom. The molecule has 5 nitrogen and oxygen atoms in total. The number of amides is 2. The van der Waals surface area contributed by atoms with Crippen LogP contribution in [0.2, 0.25) is 0 Å². The van der Waals surface area contributed by atoms with E-state index in [-0.39, 0.29) is 29.5 Å².